The summed E-state index contributed by atoms with van der Waals surface area (Å²) in [4.78, 5) is 24.6. The Balaban J connectivity index is 1.60. The van der Waals surface area contributed by atoms with Crippen molar-refractivity contribution in [2.45, 2.75) is 17.7 Å². The van der Waals surface area contributed by atoms with Crippen molar-refractivity contribution >= 4 is 27.9 Å². The number of carbonyl (C=O) groups is 2. The minimum Gasteiger partial charge on any atom is -0.493 e. The van der Waals surface area contributed by atoms with Crippen molar-refractivity contribution in [1.29, 1.82) is 0 Å². The number of methoxy groups -OCH3 is 3. The number of ether oxygens (including phenoxy) is 4. The summed E-state index contributed by atoms with van der Waals surface area (Å²) < 4.78 is 47.4. The van der Waals surface area contributed by atoms with E-state index >= 15 is 0 Å². The average Bonchev–Trinajstić information content (AvgIpc) is 3.41. The third-order valence-electron chi connectivity index (χ3n) is 5.32. The summed E-state index contributed by atoms with van der Waals surface area (Å²) in [7, 11) is 0.907. The first-order valence-corrected chi connectivity index (χ1v) is 12.0. The molecular formula is C24H27NO8S. The molecule has 0 spiro atoms. The molecule has 0 aliphatic carbocycles. The van der Waals surface area contributed by atoms with E-state index in [2.05, 4.69) is 0 Å². The van der Waals surface area contributed by atoms with Gasteiger partial charge in [-0.2, -0.15) is 4.31 Å². The van der Waals surface area contributed by atoms with E-state index in [0.29, 0.717) is 35.9 Å². The molecule has 0 aromatic heterocycles. The van der Waals surface area contributed by atoms with E-state index in [0.717, 1.165) is 12.8 Å². The van der Waals surface area contributed by atoms with Crippen LogP contribution in [0.3, 0.4) is 0 Å². The lowest BCUT2D eigenvalue weighted by atomic mass is 10.1. The van der Waals surface area contributed by atoms with Crippen molar-refractivity contribution in [2.24, 2.45) is 0 Å². The second kappa shape index (κ2) is 11.2. The average molecular weight is 490 g/mol. The van der Waals surface area contributed by atoms with Crippen LogP contribution in [0.5, 0.6) is 17.2 Å². The fraction of sp³-hybridized carbons (Fsp3) is 0.333. The quantitative estimate of drug-likeness (QED) is 0.285. The van der Waals surface area contributed by atoms with Crippen molar-refractivity contribution in [1.82, 2.24) is 4.31 Å². The number of benzene rings is 2. The summed E-state index contributed by atoms with van der Waals surface area (Å²) in [5.74, 6) is 0.130. The smallest absolute Gasteiger partial charge is 0.331 e. The van der Waals surface area contributed by atoms with Crippen LogP contribution < -0.4 is 14.2 Å². The highest BCUT2D eigenvalue weighted by atomic mass is 32.2. The maximum Gasteiger partial charge on any atom is 0.331 e. The van der Waals surface area contributed by atoms with Crippen LogP contribution in [0, 0.1) is 0 Å². The van der Waals surface area contributed by atoms with E-state index in [4.69, 9.17) is 18.9 Å². The van der Waals surface area contributed by atoms with Crippen molar-refractivity contribution in [3.8, 4) is 17.2 Å². The van der Waals surface area contributed by atoms with Crippen LogP contribution in [-0.2, 0) is 19.6 Å². The molecule has 182 valence electrons. The van der Waals surface area contributed by atoms with Gasteiger partial charge in [0.25, 0.3) is 0 Å². The molecule has 0 radical (unpaired) electrons. The molecule has 0 N–H and O–H groups in total. The zero-order valence-corrected chi connectivity index (χ0v) is 20.1. The van der Waals surface area contributed by atoms with E-state index in [1.54, 1.807) is 12.1 Å². The third kappa shape index (κ3) is 5.75. The van der Waals surface area contributed by atoms with Gasteiger partial charge in [-0.15, -0.1) is 0 Å². The fourth-order valence-corrected chi connectivity index (χ4v) is 5.04. The molecule has 9 nitrogen and oxygen atoms in total. The monoisotopic (exact) mass is 489 g/mol. The van der Waals surface area contributed by atoms with E-state index < -0.39 is 28.4 Å². The van der Waals surface area contributed by atoms with Crippen LogP contribution >= 0.6 is 0 Å². The second-order valence-electron chi connectivity index (χ2n) is 7.46. The molecule has 0 bridgehead atoms. The number of Topliss-reactive ketones (excluding diaryl/α,β-unsaturated/α-hetero) is 1. The molecule has 1 saturated heterocycles. The minimum atomic E-state index is -3.55. The van der Waals surface area contributed by atoms with E-state index in [1.807, 2.05) is 0 Å². The molecular weight excluding hydrogens is 462 g/mol. The van der Waals surface area contributed by atoms with Crippen LogP contribution in [-0.4, -0.2) is 65.5 Å². The number of hydrogen-bond donors (Lipinski definition) is 0. The Hall–Kier alpha value is -3.37. The summed E-state index contributed by atoms with van der Waals surface area (Å²) in [6, 6.07) is 8.96. The van der Waals surface area contributed by atoms with Crippen LogP contribution in [0.1, 0.15) is 28.8 Å². The number of nitrogens with zero attached hydrogens (tertiary/aromatic N) is 1. The van der Waals surface area contributed by atoms with E-state index in [1.165, 1.54) is 62.1 Å². The highest BCUT2D eigenvalue weighted by molar-refractivity contribution is 7.89. The summed E-state index contributed by atoms with van der Waals surface area (Å²) in [5, 5.41) is 0. The second-order valence-corrected chi connectivity index (χ2v) is 9.40. The number of ketones is 1. The number of hydrogen-bond acceptors (Lipinski definition) is 8. The Kier molecular flexibility index (Phi) is 8.30. The lowest BCUT2D eigenvalue weighted by Crippen LogP contribution is -2.27. The normalized spacial score (nSPS) is 14.2. The Morgan fingerprint density at radius 1 is 0.941 bits per heavy atom. The largest absolute Gasteiger partial charge is 0.493 e. The Morgan fingerprint density at radius 3 is 2.06 bits per heavy atom. The molecule has 1 heterocycles. The van der Waals surface area contributed by atoms with Gasteiger partial charge in [0.2, 0.25) is 15.8 Å². The molecule has 0 unspecified atom stereocenters. The maximum atomic E-state index is 12.6. The zero-order chi connectivity index (χ0) is 24.7. The summed E-state index contributed by atoms with van der Waals surface area (Å²) in [5.41, 5.74) is 0.856. The van der Waals surface area contributed by atoms with Crippen molar-refractivity contribution in [3.05, 3.63) is 53.6 Å². The molecule has 0 saturated carbocycles. The SMILES string of the molecule is COc1cc(/C=C/C(=O)OCC(=O)c2ccc(S(=O)(=O)N3CCCC3)cc2)cc(OC)c1OC. The van der Waals surface area contributed by atoms with Crippen LogP contribution in [0.4, 0.5) is 0 Å². The molecule has 0 amide bonds. The number of carbonyl (C=O) groups excluding carboxylic acids is 2. The molecule has 1 fully saturated rings. The van der Waals surface area contributed by atoms with Gasteiger partial charge in [0, 0.05) is 24.7 Å². The number of rotatable bonds is 10. The molecule has 0 atom stereocenters. The van der Waals surface area contributed by atoms with E-state index in [9.17, 15) is 18.0 Å². The van der Waals surface area contributed by atoms with Gasteiger partial charge in [-0.25, -0.2) is 13.2 Å². The maximum absolute atomic E-state index is 12.6. The molecule has 10 heteroatoms. The Labute approximate surface area is 198 Å². The predicted octanol–water partition coefficient (Wildman–Crippen LogP) is 2.94. The van der Waals surface area contributed by atoms with Crippen LogP contribution in [0.25, 0.3) is 6.08 Å². The zero-order valence-electron chi connectivity index (χ0n) is 19.3. The van der Waals surface area contributed by atoms with Gasteiger partial charge in [-0.05, 0) is 60.9 Å². The topological polar surface area (TPSA) is 108 Å². The number of sulfonamides is 1. The van der Waals surface area contributed by atoms with Crippen molar-refractivity contribution in [2.75, 3.05) is 41.0 Å². The molecule has 2 aromatic carbocycles. The third-order valence-corrected chi connectivity index (χ3v) is 7.24. The first kappa shape index (κ1) is 25.3. The minimum absolute atomic E-state index is 0.135. The lowest BCUT2D eigenvalue weighted by molar-refractivity contribution is -0.136. The first-order valence-electron chi connectivity index (χ1n) is 10.6. The van der Waals surface area contributed by atoms with Gasteiger partial charge >= 0.3 is 5.97 Å². The van der Waals surface area contributed by atoms with Crippen LogP contribution in [0.15, 0.2) is 47.4 Å². The van der Waals surface area contributed by atoms with E-state index in [-0.39, 0.29) is 10.5 Å². The lowest BCUT2D eigenvalue weighted by Gasteiger charge is -2.15. The molecule has 34 heavy (non-hydrogen) atoms. The molecule has 3 rings (SSSR count). The standard InChI is InChI=1S/C24H27NO8S/c1-30-21-14-17(15-22(31-2)24(21)32-3)6-11-23(27)33-16-20(26)18-7-9-19(10-8-18)34(28,29)25-12-4-5-13-25/h6-11,14-15H,4-5,12-13,16H2,1-3H3/b11-6+. The molecule has 1 aliphatic rings. The molecule has 1 aliphatic heterocycles. The highest BCUT2D eigenvalue weighted by Gasteiger charge is 2.27. The predicted molar refractivity (Wildman–Crippen MR) is 125 cm³/mol. The van der Waals surface area contributed by atoms with Gasteiger partial charge in [-0.3, -0.25) is 4.79 Å². The van der Waals surface area contributed by atoms with Gasteiger partial charge in [0.15, 0.2) is 23.9 Å². The van der Waals surface area contributed by atoms with Crippen molar-refractivity contribution < 1.29 is 37.0 Å². The Morgan fingerprint density at radius 2 is 1.53 bits per heavy atom. The van der Waals surface area contributed by atoms with Crippen molar-refractivity contribution in [3.63, 3.8) is 0 Å². The van der Waals surface area contributed by atoms with Gasteiger partial charge in [-0.1, -0.05) is 0 Å². The first-order chi connectivity index (χ1) is 16.3. The summed E-state index contributed by atoms with van der Waals surface area (Å²) in [6.45, 7) is 0.530. The van der Waals surface area contributed by atoms with Gasteiger partial charge in [0.1, 0.15) is 0 Å². The fourth-order valence-electron chi connectivity index (χ4n) is 3.52. The van der Waals surface area contributed by atoms with Gasteiger partial charge < -0.3 is 18.9 Å². The van der Waals surface area contributed by atoms with Gasteiger partial charge in [0.05, 0.1) is 26.2 Å². The summed E-state index contributed by atoms with van der Waals surface area (Å²) >= 11 is 0. The Bertz CT molecular complexity index is 1140. The summed E-state index contributed by atoms with van der Waals surface area (Å²) in [6.07, 6.45) is 4.36. The number of esters is 1. The van der Waals surface area contributed by atoms with Crippen LogP contribution in [0.2, 0.25) is 0 Å². The highest BCUT2D eigenvalue weighted by Crippen LogP contribution is 2.38. The molecule has 2 aromatic rings.